The van der Waals surface area contributed by atoms with Gasteiger partial charge in [0.25, 0.3) is 5.91 Å². The molecule has 1 N–H and O–H groups in total. The monoisotopic (exact) mass is 361 g/mol. The van der Waals surface area contributed by atoms with Crippen molar-refractivity contribution in [2.45, 2.75) is 38.4 Å². The molecule has 0 atom stereocenters. The molecule has 7 nitrogen and oxygen atoms in total. The van der Waals surface area contributed by atoms with Crippen molar-refractivity contribution in [1.29, 1.82) is 0 Å². The van der Waals surface area contributed by atoms with Crippen LogP contribution in [0, 0.1) is 0 Å². The molecule has 1 fully saturated rings. The molecule has 8 heteroatoms. The maximum absolute atomic E-state index is 12.3. The summed E-state index contributed by atoms with van der Waals surface area (Å²) in [7, 11) is 0. The number of carbonyl (C=O) groups is 1. The number of nitrogens with zero attached hydrogens (tertiary/aromatic N) is 4. The molecule has 0 bridgehead atoms. The molecule has 0 unspecified atom stereocenters. The quantitative estimate of drug-likeness (QED) is 0.891. The SMILES string of the molecule is O=C(NCc1ccon1)c1cn2c(n1)CCN(C1CCSCC1)CC2. The molecular weight excluding hydrogens is 338 g/mol. The summed E-state index contributed by atoms with van der Waals surface area (Å²) in [5, 5.41) is 6.63. The van der Waals surface area contributed by atoms with Crippen LogP contribution in [0.25, 0.3) is 0 Å². The fraction of sp³-hybridized carbons (Fsp3) is 0.588. The number of carbonyl (C=O) groups excluding carboxylic acids is 1. The van der Waals surface area contributed by atoms with Crippen molar-refractivity contribution in [2.75, 3.05) is 24.6 Å². The standard InChI is InChI=1S/C17H23N5O2S/c23-17(18-11-13-2-8-24-20-13)15-12-22-7-6-21(5-1-16(22)19-15)14-3-9-25-10-4-14/h2,8,12,14H,1,3-7,9-11H2,(H,18,23). The maximum atomic E-state index is 12.3. The molecule has 2 aliphatic heterocycles. The number of aromatic nitrogens is 3. The maximum Gasteiger partial charge on any atom is 0.271 e. The average Bonchev–Trinajstić information content (AvgIpc) is 3.27. The lowest BCUT2D eigenvalue weighted by Gasteiger charge is -2.32. The van der Waals surface area contributed by atoms with E-state index in [-0.39, 0.29) is 5.91 Å². The van der Waals surface area contributed by atoms with Gasteiger partial charge < -0.3 is 14.4 Å². The largest absolute Gasteiger partial charge is 0.364 e. The second-order valence-electron chi connectivity index (χ2n) is 6.54. The van der Waals surface area contributed by atoms with Crippen LogP contribution in [0.2, 0.25) is 0 Å². The molecular formula is C17H23N5O2S. The van der Waals surface area contributed by atoms with E-state index in [1.807, 2.05) is 6.20 Å². The summed E-state index contributed by atoms with van der Waals surface area (Å²) in [6.07, 6.45) is 6.87. The normalized spacial score (nSPS) is 19.4. The van der Waals surface area contributed by atoms with Crippen LogP contribution in [0.15, 0.2) is 23.0 Å². The Morgan fingerprint density at radius 3 is 3.00 bits per heavy atom. The smallest absolute Gasteiger partial charge is 0.271 e. The van der Waals surface area contributed by atoms with Crippen molar-refractivity contribution in [3.05, 3.63) is 35.7 Å². The van der Waals surface area contributed by atoms with Gasteiger partial charge in [-0.05, 0) is 24.3 Å². The Morgan fingerprint density at radius 2 is 2.20 bits per heavy atom. The molecule has 0 aliphatic carbocycles. The highest BCUT2D eigenvalue weighted by atomic mass is 32.2. The third kappa shape index (κ3) is 3.90. The summed E-state index contributed by atoms with van der Waals surface area (Å²) in [6, 6.07) is 2.46. The van der Waals surface area contributed by atoms with Crippen molar-refractivity contribution in [1.82, 2.24) is 24.9 Å². The Morgan fingerprint density at radius 1 is 1.32 bits per heavy atom. The Labute approximate surface area is 151 Å². The van der Waals surface area contributed by atoms with Gasteiger partial charge in [-0.15, -0.1) is 0 Å². The Kier molecular flexibility index (Phi) is 5.07. The minimum absolute atomic E-state index is 0.162. The van der Waals surface area contributed by atoms with E-state index in [0.29, 0.717) is 17.9 Å². The molecule has 134 valence electrons. The van der Waals surface area contributed by atoms with Crippen LogP contribution in [-0.4, -0.2) is 56.2 Å². The highest BCUT2D eigenvalue weighted by Gasteiger charge is 2.25. The summed E-state index contributed by atoms with van der Waals surface area (Å²) in [6.45, 7) is 3.33. The predicted octanol–water partition coefficient (Wildman–Crippen LogP) is 1.55. The lowest BCUT2D eigenvalue weighted by atomic mass is 10.1. The van der Waals surface area contributed by atoms with Gasteiger partial charge in [0.1, 0.15) is 23.5 Å². The van der Waals surface area contributed by atoms with Gasteiger partial charge in [-0.2, -0.15) is 11.8 Å². The zero-order valence-electron chi connectivity index (χ0n) is 14.2. The minimum Gasteiger partial charge on any atom is -0.364 e. The number of imidazole rings is 1. The van der Waals surface area contributed by atoms with E-state index in [0.717, 1.165) is 37.9 Å². The van der Waals surface area contributed by atoms with Crippen molar-refractivity contribution >= 4 is 17.7 Å². The summed E-state index contributed by atoms with van der Waals surface area (Å²) in [4.78, 5) is 19.5. The van der Waals surface area contributed by atoms with Gasteiger partial charge in [0.05, 0.1) is 6.54 Å². The van der Waals surface area contributed by atoms with Gasteiger partial charge in [0, 0.05) is 44.4 Å². The van der Waals surface area contributed by atoms with Crippen molar-refractivity contribution in [3.63, 3.8) is 0 Å². The van der Waals surface area contributed by atoms with Gasteiger partial charge in [-0.3, -0.25) is 9.69 Å². The second kappa shape index (κ2) is 7.61. The molecule has 25 heavy (non-hydrogen) atoms. The number of nitrogens with one attached hydrogen (secondary N) is 1. The number of amides is 1. The fourth-order valence-electron chi connectivity index (χ4n) is 3.55. The minimum atomic E-state index is -0.162. The van der Waals surface area contributed by atoms with E-state index in [4.69, 9.17) is 4.52 Å². The van der Waals surface area contributed by atoms with Crippen LogP contribution < -0.4 is 5.32 Å². The third-order valence-electron chi connectivity index (χ3n) is 4.97. The molecule has 1 saturated heterocycles. The van der Waals surface area contributed by atoms with Gasteiger partial charge in [-0.25, -0.2) is 4.98 Å². The molecule has 2 aromatic heterocycles. The molecule has 2 aromatic rings. The van der Waals surface area contributed by atoms with Crippen molar-refractivity contribution < 1.29 is 9.32 Å². The zero-order valence-corrected chi connectivity index (χ0v) is 15.0. The fourth-order valence-corrected chi connectivity index (χ4v) is 4.64. The molecule has 2 aliphatic rings. The molecule has 4 heterocycles. The summed E-state index contributed by atoms with van der Waals surface area (Å²) < 4.78 is 6.91. The van der Waals surface area contributed by atoms with E-state index in [9.17, 15) is 4.79 Å². The van der Waals surface area contributed by atoms with Crippen LogP contribution in [0.1, 0.15) is 34.8 Å². The van der Waals surface area contributed by atoms with Gasteiger partial charge in [-0.1, -0.05) is 5.16 Å². The Bertz CT molecular complexity index is 683. The summed E-state index contributed by atoms with van der Waals surface area (Å²) >= 11 is 2.07. The number of fused-ring (bicyclic) bond motifs is 1. The topological polar surface area (TPSA) is 76.2 Å². The average molecular weight is 361 g/mol. The molecule has 1 amide bonds. The number of rotatable bonds is 4. The highest BCUT2D eigenvalue weighted by Crippen LogP contribution is 2.23. The molecule has 0 radical (unpaired) electrons. The van der Waals surface area contributed by atoms with E-state index >= 15 is 0 Å². The van der Waals surface area contributed by atoms with Crippen molar-refractivity contribution in [2.24, 2.45) is 0 Å². The Hall–Kier alpha value is -1.80. The molecule has 4 rings (SSSR count). The number of thioether (sulfide) groups is 1. The summed E-state index contributed by atoms with van der Waals surface area (Å²) in [5.41, 5.74) is 1.19. The highest BCUT2D eigenvalue weighted by molar-refractivity contribution is 7.99. The first-order chi connectivity index (χ1) is 12.3. The number of hydrogen-bond acceptors (Lipinski definition) is 6. The van der Waals surface area contributed by atoms with E-state index < -0.39 is 0 Å². The zero-order chi connectivity index (χ0) is 17.1. The van der Waals surface area contributed by atoms with E-state index in [2.05, 4.69) is 36.7 Å². The van der Waals surface area contributed by atoms with Gasteiger partial charge in [0.15, 0.2) is 0 Å². The first kappa shape index (κ1) is 16.7. The van der Waals surface area contributed by atoms with Crippen LogP contribution in [0.4, 0.5) is 0 Å². The summed E-state index contributed by atoms with van der Waals surface area (Å²) in [5.74, 6) is 3.41. The van der Waals surface area contributed by atoms with Crippen LogP contribution >= 0.6 is 11.8 Å². The molecule has 0 saturated carbocycles. The molecule has 0 aromatic carbocycles. The Balaban J connectivity index is 1.36. The lowest BCUT2D eigenvalue weighted by Crippen LogP contribution is -2.39. The molecule has 0 spiro atoms. The van der Waals surface area contributed by atoms with E-state index in [1.54, 1.807) is 6.07 Å². The first-order valence-corrected chi connectivity index (χ1v) is 10.0. The van der Waals surface area contributed by atoms with Crippen LogP contribution in [-0.2, 0) is 19.5 Å². The van der Waals surface area contributed by atoms with Gasteiger partial charge in [0.2, 0.25) is 0 Å². The van der Waals surface area contributed by atoms with Crippen molar-refractivity contribution in [3.8, 4) is 0 Å². The first-order valence-electron chi connectivity index (χ1n) is 8.85. The van der Waals surface area contributed by atoms with E-state index in [1.165, 1.54) is 30.6 Å². The van der Waals surface area contributed by atoms with Crippen LogP contribution in [0.5, 0.6) is 0 Å². The lowest BCUT2D eigenvalue weighted by molar-refractivity contribution is 0.0945. The number of hydrogen-bond donors (Lipinski definition) is 1. The third-order valence-corrected chi connectivity index (χ3v) is 6.02. The van der Waals surface area contributed by atoms with Crippen LogP contribution in [0.3, 0.4) is 0 Å². The predicted molar refractivity (Wildman–Crippen MR) is 95.5 cm³/mol. The second-order valence-corrected chi connectivity index (χ2v) is 7.76. The van der Waals surface area contributed by atoms with Gasteiger partial charge >= 0.3 is 0 Å².